The lowest BCUT2D eigenvalue weighted by atomic mass is 9.98. The highest BCUT2D eigenvalue weighted by atomic mass is 19.1. The first-order valence-electron chi connectivity index (χ1n) is 14.3. The number of ether oxygens (including phenoxy) is 1. The zero-order valence-corrected chi connectivity index (χ0v) is 23.1. The van der Waals surface area contributed by atoms with Crippen molar-refractivity contribution in [3.8, 4) is 22.5 Å². The second-order valence-corrected chi connectivity index (χ2v) is 10.4. The van der Waals surface area contributed by atoms with Gasteiger partial charge < -0.3 is 4.74 Å². The van der Waals surface area contributed by atoms with Gasteiger partial charge in [-0.3, -0.25) is 0 Å². The van der Waals surface area contributed by atoms with E-state index in [1.54, 1.807) is 0 Å². The van der Waals surface area contributed by atoms with Gasteiger partial charge in [-0.15, -0.1) is 0 Å². The molecule has 2 atom stereocenters. The summed E-state index contributed by atoms with van der Waals surface area (Å²) in [7, 11) is 0. The van der Waals surface area contributed by atoms with Crippen molar-refractivity contribution in [1.82, 2.24) is 9.97 Å². The fourth-order valence-electron chi connectivity index (χ4n) is 4.64. The predicted octanol–water partition coefficient (Wildman–Crippen LogP) is 9.05. The SMILES string of the molecule is CCCCCCCCc1cnc(-c2ccc(-c3ccc(C[C@H](C)COCC(F)CCC)cc3)cc2)nc1. The number of aryl methyl sites for hydroxylation is 1. The van der Waals surface area contributed by atoms with Gasteiger partial charge in [0.15, 0.2) is 5.82 Å². The highest BCUT2D eigenvalue weighted by Gasteiger charge is 2.09. The van der Waals surface area contributed by atoms with Crippen LogP contribution in [0.5, 0.6) is 0 Å². The van der Waals surface area contributed by atoms with Gasteiger partial charge >= 0.3 is 0 Å². The Morgan fingerprint density at radius 1 is 0.703 bits per heavy atom. The van der Waals surface area contributed by atoms with E-state index in [0.29, 0.717) is 18.9 Å². The minimum absolute atomic E-state index is 0.210. The number of hydrogen-bond donors (Lipinski definition) is 0. The Morgan fingerprint density at radius 2 is 1.30 bits per heavy atom. The van der Waals surface area contributed by atoms with Gasteiger partial charge in [-0.05, 0) is 53.9 Å². The average Bonchev–Trinajstić information content (AvgIpc) is 2.92. The third-order valence-corrected chi connectivity index (χ3v) is 6.84. The van der Waals surface area contributed by atoms with E-state index in [-0.39, 0.29) is 6.61 Å². The maximum absolute atomic E-state index is 13.6. The zero-order valence-electron chi connectivity index (χ0n) is 23.1. The molecule has 0 aliphatic carbocycles. The highest BCUT2D eigenvalue weighted by Crippen LogP contribution is 2.24. The van der Waals surface area contributed by atoms with Crippen LogP contribution in [0.15, 0.2) is 60.9 Å². The van der Waals surface area contributed by atoms with Crippen LogP contribution < -0.4 is 0 Å². The van der Waals surface area contributed by atoms with Crippen LogP contribution in [0.3, 0.4) is 0 Å². The lowest BCUT2D eigenvalue weighted by Gasteiger charge is -2.14. The van der Waals surface area contributed by atoms with Crippen molar-refractivity contribution in [2.75, 3.05) is 13.2 Å². The molecule has 0 saturated heterocycles. The molecule has 0 aliphatic rings. The molecular weight excluding hydrogens is 459 g/mol. The van der Waals surface area contributed by atoms with Crippen molar-refractivity contribution in [2.24, 2.45) is 5.92 Å². The number of alkyl halides is 1. The fourth-order valence-corrected chi connectivity index (χ4v) is 4.64. The van der Waals surface area contributed by atoms with Crippen molar-refractivity contribution in [3.05, 3.63) is 72.1 Å². The number of unbranched alkanes of at least 4 members (excludes halogenated alkanes) is 5. The Labute approximate surface area is 223 Å². The van der Waals surface area contributed by atoms with Crippen LogP contribution in [-0.4, -0.2) is 29.4 Å². The molecule has 1 heterocycles. The van der Waals surface area contributed by atoms with E-state index in [1.807, 2.05) is 19.3 Å². The molecule has 3 nitrogen and oxygen atoms in total. The largest absolute Gasteiger partial charge is 0.378 e. The molecule has 0 amide bonds. The summed E-state index contributed by atoms with van der Waals surface area (Å²) >= 11 is 0. The van der Waals surface area contributed by atoms with E-state index in [4.69, 9.17) is 4.74 Å². The molecule has 0 spiro atoms. The normalized spacial score (nSPS) is 13.0. The summed E-state index contributed by atoms with van der Waals surface area (Å²) < 4.78 is 19.2. The number of benzene rings is 2. The summed E-state index contributed by atoms with van der Waals surface area (Å²) in [6.45, 7) is 7.21. The molecule has 0 aliphatic heterocycles. The monoisotopic (exact) mass is 504 g/mol. The van der Waals surface area contributed by atoms with Gasteiger partial charge in [0.1, 0.15) is 6.17 Å². The van der Waals surface area contributed by atoms with E-state index >= 15 is 0 Å². The fraction of sp³-hybridized carbons (Fsp3) is 0.515. The topological polar surface area (TPSA) is 35.0 Å². The van der Waals surface area contributed by atoms with Crippen LogP contribution in [0.4, 0.5) is 4.39 Å². The Hall–Kier alpha value is -2.59. The lowest BCUT2D eigenvalue weighted by Crippen LogP contribution is -2.15. The van der Waals surface area contributed by atoms with Crippen LogP contribution in [0.2, 0.25) is 0 Å². The Kier molecular flexibility index (Phi) is 12.8. The third kappa shape index (κ3) is 10.4. The first-order valence-corrected chi connectivity index (χ1v) is 14.3. The zero-order chi connectivity index (χ0) is 26.3. The van der Waals surface area contributed by atoms with Gasteiger partial charge in [0.2, 0.25) is 0 Å². The maximum atomic E-state index is 13.6. The summed E-state index contributed by atoms with van der Waals surface area (Å²) in [5, 5.41) is 0. The van der Waals surface area contributed by atoms with E-state index in [2.05, 4.69) is 72.3 Å². The quantitative estimate of drug-likeness (QED) is 0.172. The predicted molar refractivity (Wildman–Crippen MR) is 153 cm³/mol. The molecule has 0 saturated carbocycles. The molecular formula is C33H45FN2O. The minimum atomic E-state index is -0.844. The van der Waals surface area contributed by atoms with Gasteiger partial charge in [-0.2, -0.15) is 0 Å². The first-order chi connectivity index (χ1) is 18.1. The van der Waals surface area contributed by atoms with Crippen molar-refractivity contribution < 1.29 is 9.13 Å². The number of aromatic nitrogens is 2. The number of rotatable bonds is 17. The summed E-state index contributed by atoms with van der Waals surface area (Å²) in [4.78, 5) is 9.23. The van der Waals surface area contributed by atoms with Crippen LogP contribution in [0.1, 0.15) is 83.3 Å². The van der Waals surface area contributed by atoms with Crippen LogP contribution in [0, 0.1) is 5.92 Å². The highest BCUT2D eigenvalue weighted by molar-refractivity contribution is 5.67. The average molecular weight is 505 g/mol. The van der Waals surface area contributed by atoms with E-state index in [0.717, 1.165) is 30.7 Å². The Balaban J connectivity index is 1.46. The molecule has 0 N–H and O–H groups in total. The molecule has 1 unspecified atom stereocenters. The summed E-state index contributed by atoms with van der Waals surface area (Å²) in [5.41, 5.74) is 5.90. The van der Waals surface area contributed by atoms with Crippen molar-refractivity contribution >= 4 is 0 Å². The Bertz CT molecular complexity index is 1000. The van der Waals surface area contributed by atoms with Crippen LogP contribution in [-0.2, 0) is 17.6 Å². The molecule has 37 heavy (non-hydrogen) atoms. The summed E-state index contributed by atoms with van der Waals surface area (Å²) in [5.74, 6) is 1.13. The van der Waals surface area contributed by atoms with Crippen LogP contribution >= 0.6 is 0 Å². The second kappa shape index (κ2) is 16.3. The number of hydrogen-bond acceptors (Lipinski definition) is 3. The standard InChI is InChI=1S/C33H45FN2O/c1-4-6-7-8-9-10-12-28-22-35-33(36-23-28)31-19-17-30(18-20-31)29-15-13-27(14-16-29)21-26(3)24-37-25-32(34)11-5-2/h13-20,22-23,26,32H,4-12,21,24-25H2,1-3H3/t26-,32?/m0/s1. The van der Waals surface area contributed by atoms with Crippen LogP contribution in [0.25, 0.3) is 22.5 Å². The summed E-state index contributed by atoms with van der Waals surface area (Å²) in [6.07, 6.45) is 14.4. The van der Waals surface area contributed by atoms with Crippen molar-refractivity contribution in [3.63, 3.8) is 0 Å². The van der Waals surface area contributed by atoms with E-state index < -0.39 is 6.17 Å². The molecule has 3 aromatic rings. The molecule has 4 heteroatoms. The van der Waals surface area contributed by atoms with E-state index in [1.165, 1.54) is 60.8 Å². The first kappa shape index (κ1) is 29.0. The lowest BCUT2D eigenvalue weighted by molar-refractivity contribution is 0.0575. The molecule has 0 radical (unpaired) electrons. The smallest absolute Gasteiger partial charge is 0.159 e. The van der Waals surface area contributed by atoms with Crippen molar-refractivity contribution in [2.45, 2.75) is 91.2 Å². The third-order valence-electron chi connectivity index (χ3n) is 6.84. The van der Waals surface area contributed by atoms with Gasteiger partial charge in [0.05, 0.1) is 6.61 Å². The maximum Gasteiger partial charge on any atom is 0.159 e. The number of halogens is 1. The molecule has 200 valence electrons. The van der Waals surface area contributed by atoms with Gasteiger partial charge in [0, 0.05) is 24.6 Å². The van der Waals surface area contributed by atoms with Crippen molar-refractivity contribution in [1.29, 1.82) is 0 Å². The molecule has 0 bridgehead atoms. The van der Waals surface area contributed by atoms with E-state index in [9.17, 15) is 4.39 Å². The summed E-state index contributed by atoms with van der Waals surface area (Å²) in [6, 6.07) is 17.2. The molecule has 1 aromatic heterocycles. The van der Waals surface area contributed by atoms with Gasteiger partial charge in [-0.1, -0.05) is 108 Å². The molecule has 0 fully saturated rings. The minimum Gasteiger partial charge on any atom is -0.378 e. The molecule has 3 rings (SSSR count). The number of nitrogens with zero attached hydrogens (tertiary/aromatic N) is 2. The second-order valence-electron chi connectivity index (χ2n) is 10.4. The Morgan fingerprint density at radius 3 is 1.95 bits per heavy atom. The molecule has 2 aromatic carbocycles. The van der Waals surface area contributed by atoms with Gasteiger partial charge in [0.25, 0.3) is 0 Å². The van der Waals surface area contributed by atoms with Gasteiger partial charge in [-0.25, -0.2) is 14.4 Å².